The van der Waals surface area contributed by atoms with Gasteiger partial charge in [-0.2, -0.15) is 13.2 Å². The van der Waals surface area contributed by atoms with E-state index in [1.165, 1.54) is 41.5 Å². The van der Waals surface area contributed by atoms with Crippen LogP contribution in [0.5, 0.6) is 5.75 Å². The third-order valence-corrected chi connectivity index (χ3v) is 7.80. The highest BCUT2D eigenvalue weighted by atomic mass is 32.2. The molecule has 0 bridgehead atoms. The summed E-state index contributed by atoms with van der Waals surface area (Å²) in [5.41, 5.74) is -0.204. The van der Waals surface area contributed by atoms with E-state index in [1.807, 2.05) is 0 Å². The molecular weight excluding hydrogens is 545 g/mol. The predicted octanol–water partition coefficient (Wildman–Crippen LogP) is 4.75. The Kier molecular flexibility index (Phi) is 6.65. The Balaban J connectivity index is 1.82. The Hall–Kier alpha value is -3.87. The van der Waals surface area contributed by atoms with Gasteiger partial charge in [0.15, 0.2) is 5.69 Å². The number of hydrogen-bond acceptors (Lipinski definition) is 6. The SMILES string of the molecule is CC(=O)Oc1c2n(ccc1=O)N([C@H]1c3ccc(F)cc3CSc3c(F)cccc31)CN([C@H](C)C(F)(F)F)C2=O. The third kappa shape index (κ3) is 4.64. The number of aromatic nitrogens is 1. The number of esters is 1. The Morgan fingerprint density at radius 3 is 2.54 bits per heavy atom. The second-order valence-electron chi connectivity index (χ2n) is 9.06. The molecule has 2 atom stereocenters. The van der Waals surface area contributed by atoms with Crippen LogP contribution in [0.1, 0.15) is 47.1 Å². The molecule has 0 unspecified atom stereocenters. The van der Waals surface area contributed by atoms with Crippen LogP contribution in [-0.2, 0) is 10.5 Å². The summed E-state index contributed by atoms with van der Waals surface area (Å²) >= 11 is 1.11. The highest BCUT2D eigenvalue weighted by Gasteiger charge is 2.48. The number of carbonyl (C=O) groups excluding carboxylic acids is 2. The summed E-state index contributed by atoms with van der Waals surface area (Å²) in [4.78, 5) is 38.6. The van der Waals surface area contributed by atoms with Crippen LogP contribution in [0.4, 0.5) is 22.0 Å². The summed E-state index contributed by atoms with van der Waals surface area (Å²) in [6, 6.07) is 5.86. The highest BCUT2D eigenvalue weighted by Crippen LogP contribution is 2.44. The van der Waals surface area contributed by atoms with Crippen molar-refractivity contribution in [1.82, 2.24) is 9.58 Å². The van der Waals surface area contributed by atoms with Crippen LogP contribution in [0.25, 0.3) is 0 Å². The van der Waals surface area contributed by atoms with Crippen molar-refractivity contribution in [2.24, 2.45) is 0 Å². The summed E-state index contributed by atoms with van der Waals surface area (Å²) in [6.07, 6.45) is -3.66. The third-order valence-electron chi connectivity index (χ3n) is 6.62. The minimum absolute atomic E-state index is 0.169. The molecule has 3 aromatic rings. The second-order valence-corrected chi connectivity index (χ2v) is 10.0. The molecule has 2 aliphatic rings. The minimum Gasteiger partial charge on any atom is -0.420 e. The lowest BCUT2D eigenvalue weighted by Gasteiger charge is -2.46. The number of alkyl halides is 3. The topological polar surface area (TPSA) is 71.8 Å². The number of nitrogens with zero attached hydrogens (tertiary/aromatic N) is 3. The lowest BCUT2D eigenvalue weighted by atomic mass is 9.94. The van der Waals surface area contributed by atoms with Crippen LogP contribution < -0.4 is 15.2 Å². The maximum Gasteiger partial charge on any atom is 0.408 e. The Morgan fingerprint density at radius 2 is 1.85 bits per heavy atom. The van der Waals surface area contributed by atoms with Gasteiger partial charge in [-0.3, -0.25) is 24.1 Å². The van der Waals surface area contributed by atoms with Crippen LogP contribution in [0.3, 0.4) is 0 Å². The molecule has 0 N–H and O–H groups in total. The number of amides is 1. The standard InChI is InChI=1S/C26H20F5N3O4S/c1-13(26(29,30)31)32-12-34(33-9-8-20(36)23(38-14(2)35)22(33)25(32)37)21-17-7-6-16(27)10-15(17)11-39-24-18(21)4-3-5-19(24)28/h3-10,13,21H,11-12H2,1-2H3/t13-,21+/m1/s1. The number of carbonyl (C=O) groups is 2. The second kappa shape index (κ2) is 9.70. The number of thioether (sulfide) groups is 1. The van der Waals surface area contributed by atoms with Crippen LogP contribution in [0.15, 0.2) is 58.4 Å². The van der Waals surface area contributed by atoms with E-state index in [2.05, 4.69) is 0 Å². The first-order valence-corrected chi connectivity index (χ1v) is 12.6. The van der Waals surface area contributed by atoms with Crippen LogP contribution in [-0.4, -0.2) is 40.3 Å². The zero-order valence-corrected chi connectivity index (χ0v) is 21.3. The molecule has 1 aromatic heterocycles. The monoisotopic (exact) mass is 565 g/mol. The maximum atomic E-state index is 15.0. The molecule has 0 spiro atoms. The quantitative estimate of drug-likeness (QED) is 0.337. The van der Waals surface area contributed by atoms with Gasteiger partial charge in [-0.15, -0.1) is 11.8 Å². The molecule has 13 heteroatoms. The van der Waals surface area contributed by atoms with E-state index in [9.17, 15) is 31.9 Å². The lowest BCUT2D eigenvalue weighted by molar-refractivity contribution is -0.173. The summed E-state index contributed by atoms with van der Waals surface area (Å²) < 4.78 is 77.2. The lowest BCUT2D eigenvalue weighted by Crippen LogP contribution is -2.60. The molecule has 2 aromatic carbocycles. The van der Waals surface area contributed by atoms with Crippen molar-refractivity contribution in [3.8, 4) is 5.75 Å². The number of fused-ring (bicyclic) bond motifs is 3. The summed E-state index contributed by atoms with van der Waals surface area (Å²) in [5, 5.41) is 1.34. The van der Waals surface area contributed by atoms with E-state index in [0.29, 0.717) is 21.6 Å². The molecule has 0 radical (unpaired) electrons. The summed E-state index contributed by atoms with van der Waals surface area (Å²) in [5.74, 6) is -3.84. The molecule has 1 amide bonds. The fourth-order valence-corrected chi connectivity index (χ4v) is 5.87. The first kappa shape index (κ1) is 26.7. The number of ether oxygens (including phenoxy) is 1. The van der Waals surface area contributed by atoms with Crippen molar-refractivity contribution in [2.75, 3.05) is 11.7 Å². The van der Waals surface area contributed by atoms with Gasteiger partial charge in [0.25, 0.3) is 5.91 Å². The highest BCUT2D eigenvalue weighted by molar-refractivity contribution is 7.98. The Morgan fingerprint density at radius 1 is 1.10 bits per heavy atom. The van der Waals surface area contributed by atoms with Gasteiger partial charge in [-0.25, -0.2) is 8.78 Å². The molecule has 39 heavy (non-hydrogen) atoms. The molecule has 0 aliphatic carbocycles. The average molecular weight is 566 g/mol. The largest absolute Gasteiger partial charge is 0.420 e. The van der Waals surface area contributed by atoms with E-state index in [1.54, 1.807) is 6.07 Å². The predicted molar refractivity (Wildman–Crippen MR) is 131 cm³/mol. The Labute approximate surface area is 222 Å². The molecule has 0 saturated carbocycles. The summed E-state index contributed by atoms with van der Waals surface area (Å²) in [7, 11) is 0. The number of hydrogen-bond donors (Lipinski definition) is 0. The molecule has 204 valence electrons. The van der Waals surface area contributed by atoms with Crippen LogP contribution in [0, 0.1) is 11.6 Å². The molecule has 3 heterocycles. The first-order valence-electron chi connectivity index (χ1n) is 11.7. The molecule has 0 saturated heterocycles. The van der Waals surface area contributed by atoms with Crippen LogP contribution in [0.2, 0.25) is 0 Å². The minimum atomic E-state index is -4.84. The van der Waals surface area contributed by atoms with Crippen molar-refractivity contribution in [3.05, 3.63) is 92.9 Å². The van der Waals surface area contributed by atoms with Gasteiger partial charge in [0, 0.05) is 29.8 Å². The van der Waals surface area contributed by atoms with E-state index >= 15 is 4.39 Å². The van der Waals surface area contributed by atoms with Gasteiger partial charge in [-0.05, 0) is 41.8 Å². The number of halogens is 5. The van der Waals surface area contributed by atoms with Crippen molar-refractivity contribution in [2.45, 2.75) is 42.8 Å². The zero-order chi connectivity index (χ0) is 28.2. The number of rotatable bonds is 3. The van der Waals surface area contributed by atoms with Gasteiger partial charge < -0.3 is 9.64 Å². The number of pyridine rings is 1. The molecule has 0 fully saturated rings. The molecule has 7 nitrogen and oxygen atoms in total. The van der Waals surface area contributed by atoms with Crippen molar-refractivity contribution < 1.29 is 36.3 Å². The van der Waals surface area contributed by atoms with E-state index < -0.39 is 65.3 Å². The van der Waals surface area contributed by atoms with Crippen molar-refractivity contribution in [3.63, 3.8) is 0 Å². The fourth-order valence-electron chi connectivity index (χ4n) is 4.76. The fraction of sp³-hybridized carbons (Fsp3) is 0.269. The van der Waals surface area contributed by atoms with E-state index in [-0.39, 0.29) is 10.6 Å². The number of benzene rings is 2. The van der Waals surface area contributed by atoms with Crippen LogP contribution >= 0.6 is 11.8 Å². The maximum absolute atomic E-state index is 15.0. The van der Waals surface area contributed by atoms with Gasteiger partial charge in [0.1, 0.15) is 24.3 Å². The van der Waals surface area contributed by atoms with Crippen molar-refractivity contribution >= 4 is 23.6 Å². The van der Waals surface area contributed by atoms with E-state index in [4.69, 9.17) is 4.74 Å². The van der Waals surface area contributed by atoms with Gasteiger partial charge in [0.05, 0.1) is 6.04 Å². The molecule has 5 rings (SSSR count). The van der Waals surface area contributed by atoms with Gasteiger partial charge in [-0.1, -0.05) is 18.2 Å². The first-order chi connectivity index (χ1) is 18.4. The van der Waals surface area contributed by atoms with Gasteiger partial charge >= 0.3 is 12.1 Å². The smallest absolute Gasteiger partial charge is 0.408 e. The molecular formula is C26H20F5N3O4S. The van der Waals surface area contributed by atoms with E-state index in [0.717, 1.165) is 36.4 Å². The Bertz CT molecular complexity index is 1560. The normalized spacial score (nSPS) is 17.6. The molecule has 2 aliphatic heterocycles. The average Bonchev–Trinajstić information content (AvgIpc) is 3.02. The zero-order valence-electron chi connectivity index (χ0n) is 20.5. The summed E-state index contributed by atoms with van der Waals surface area (Å²) in [6.45, 7) is 1.13. The van der Waals surface area contributed by atoms with Crippen molar-refractivity contribution in [1.29, 1.82) is 0 Å². The van der Waals surface area contributed by atoms with Gasteiger partial charge in [0.2, 0.25) is 11.2 Å².